The largest absolute Gasteiger partial charge is 0.296 e. The molecule has 2 N–H and O–H groups in total. The maximum Gasteiger partial charge on any atom is 0.273 e. The molecule has 0 saturated carbocycles. The van der Waals surface area contributed by atoms with E-state index in [1.54, 1.807) is 15.9 Å². The molecule has 3 rings (SSSR count). The van der Waals surface area contributed by atoms with E-state index < -0.39 is 10.0 Å². The number of sulfonamides is 1. The molecule has 2 aromatic heterocycles. The first-order chi connectivity index (χ1) is 10.0. The monoisotopic (exact) mass is 326 g/mol. The van der Waals surface area contributed by atoms with Crippen molar-refractivity contribution < 1.29 is 8.42 Å². The first-order valence-corrected chi connectivity index (χ1v) is 9.45. The molecule has 0 radical (unpaired) electrons. The van der Waals surface area contributed by atoms with Gasteiger partial charge in [-0.1, -0.05) is 6.42 Å². The van der Waals surface area contributed by atoms with Gasteiger partial charge in [-0.2, -0.15) is 0 Å². The number of nitrogens with zero attached hydrogens (tertiary/aromatic N) is 3. The Morgan fingerprint density at radius 1 is 1.29 bits per heavy atom. The van der Waals surface area contributed by atoms with E-state index in [1.807, 2.05) is 6.92 Å². The molecule has 6 nitrogen and oxygen atoms in total. The van der Waals surface area contributed by atoms with Crippen LogP contribution in [-0.4, -0.2) is 23.2 Å². The molecule has 0 atom stereocenters. The third-order valence-electron chi connectivity index (χ3n) is 3.75. The molecule has 0 spiro atoms. The Kier molecular flexibility index (Phi) is 3.85. The number of hydrogen-bond donors (Lipinski definition) is 1. The third kappa shape index (κ3) is 2.75. The summed E-state index contributed by atoms with van der Waals surface area (Å²) in [5, 5.41) is 12.9. The topological polar surface area (TPSA) is 90.9 Å². The highest BCUT2D eigenvalue weighted by Crippen LogP contribution is 2.34. The number of hydrogen-bond acceptors (Lipinski definition) is 5. The van der Waals surface area contributed by atoms with E-state index in [-0.39, 0.29) is 5.16 Å². The van der Waals surface area contributed by atoms with Crippen LogP contribution in [0.25, 0.3) is 10.7 Å². The van der Waals surface area contributed by atoms with Crippen molar-refractivity contribution in [2.24, 2.45) is 5.14 Å². The van der Waals surface area contributed by atoms with Crippen LogP contribution >= 0.6 is 11.3 Å². The summed E-state index contributed by atoms with van der Waals surface area (Å²) < 4.78 is 24.7. The molecule has 8 heteroatoms. The van der Waals surface area contributed by atoms with Crippen LogP contribution in [0.3, 0.4) is 0 Å². The molecule has 2 aromatic rings. The molecule has 114 valence electrons. The molecule has 0 aromatic carbocycles. The zero-order valence-electron chi connectivity index (χ0n) is 11.9. The van der Waals surface area contributed by atoms with Crippen molar-refractivity contribution in [2.45, 2.75) is 50.7 Å². The van der Waals surface area contributed by atoms with Crippen LogP contribution in [0, 0.1) is 0 Å². The second-order valence-corrected chi connectivity index (χ2v) is 7.81. The number of aromatic nitrogens is 3. The van der Waals surface area contributed by atoms with Gasteiger partial charge in [0, 0.05) is 11.4 Å². The highest BCUT2D eigenvalue weighted by Gasteiger charge is 2.23. The van der Waals surface area contributed by atoms with Crippen molar-refractivity contribution in [3.8, 4) is 10.7 Å². The fourth-order valence-electron chi connectivity index (χ4n) is 2.74. The molecule has 0 fully saturated rings. The van der Waals surface area contributed by atoms with E-state index in [9.17, 15) is 8.42 Å². The smallest absolute Gasteiger partial charge is 0.273 e. The lowest BCUT2D eigenvalue weighted by atomic mass is 10.1. The highest BCUT2D eigenvalue weighted by molar-refractivity contribution is 7.89. The van der Waals surface area contributed by atoms with E-state index in [1.165, 1.54) is 29.7 Å². The van der Waals surface area contributed by atoms with Crippen molar-refractivity contribution >= 4 is 21.4 Å². The van der Waals surface area contributed by atoms with Crippen LogP contribution in [0.15, 0.2) is 11.2 Å². The molecule has 0 bridgehead atoms. The van der Waals surface area contributed by atoms with Gasteiger partial charge in [0.1, 0.15) is 0 Å². The SMILES string of the molecule is CCn1c(-c2cc3c(s2)CCCCC3)nnc1S(N)(=O)=O. The Morgan fingerprint density at radius 2 is 2.05 bits per heavy atom. The van der Waals surface area contributed by atoms with Gasteiger partial charge in [-0.25, -0.2) is 13.6 Å². The van der Waals surface area contributed by atoms with Crippen molar-refractivity contribution in [1.82, 2.24) is 14.8 Å². The highest BCUT2D eigenvalue weighted by atomic mass is 32.2. The molecule has 0 aliphatic heterocycles. The molecular weight excluding hydrogens is 308 g/mol. The van der Waals surface area contributed by atoms with Gasteiger partial charge in [0.05, 0.1) is 4.88 Å². The van der Waals surface area contributed by atoms with Gasteiger partial charge in [-0.15, -0.1) is 21.5 Å². The van der Waals surface area contributed by atoms with Crippen molar-refractivity contribution in [1.29, 1.82) is 0 Å². The number of rotatable bonds is 3. The van der Waals surface area contributed by atoms with Gasteiger partial charge >= 0.3 is 0 Å². The second kappa shape index (κ2) is 5.51. The van der Waals surface area contributed by atoms with Gasteiger partial charge in [0.25, 0.3) is 15.2 Å². The molecular formula is C13H18N4O2S2. The predicted molar refractivity (Wildman–Crippen MR) is 81.6 cm³/mol. The normalized spacial score (nSPS) is 15.7. The van der Waals surface area contributed by atoms with E-state index in [2.05, 4.69) is 16.3 Å². The molecule has 1 aliphatic rings. The second-order valence-electron chi connectivity index (χ2n) is 5.22. The number of nitrogens with two attached hydrogens (primary N) is 1. The quantitative estimate of drug-likeness (QED) is 0.873. The van der Waals surface area contributed by atoms with Gasteiger partial charge < -0.3 is 0 Å². The number of fused-ring (bicyclic) bond motifs is 1. The van der Waals surface area contributed by atoms with Gasteiger partial charge in [-0.05, 0) is 44.2 Å². The summed E-state index contributed by atoms with van der Waals surface area (Å²) in [6.45, 7) is 2.33. The Balaban J connectivity index is 2.07. The lowest BCUT2D eigenvalue weighted by Crippen LogP contribution is -2.18. The van der Waals surface area contributed by atoms with Crippen LogP contribution in [0.2, 0.25) is 0 Å². The van der Waals surface area contributed by atoms with Crippen LogP contribution in [0.5, 0.6) is 0 Å². The third-order valence-corrected chi connectivity index (χ3v) is 5.80. The Labute approximate surface area is 128 Å². The minimum atomic E-state index is -3.85. The molecule has 0 saturated heterocycles. The maximum atomic E-state index is 11.6. The summed E-state index contributed by atoms with van der Waals surface area (Å²) >= 11 is 1.70. The summed E-state index contributed by atoms with van der Waals surface area (Å²) in [5.41, 5.74) is 1.37. The fourth-order valence-corrected chi connectivity index (χ4v) is 4.67. The van der Waals surface area contributed by atoms with Gasteiger partial charge in [0.15, 0.2) is 5.82 Å². The van der Waals surface area contributed by atoms with E-state index >= 15 is 0 Å². The average molecular weight is 326 g/mol. The Bertz CT molecular complexity index is 738. The Hall–Kier alpha value is -1.25. The fraction of sp³-hybridized carbons (Fsp3) is 0.538. The predicted octanol–water partition coefficient (Wildman–Crippen LogP) is 1.94. The van der Waals surface area contributed by atoms with Crippen molar-refractivity contribution in [3.63, 3.8) is 0 Å². The summed E-state index contributed by atoms with van der Waals surface area (Å²) in [6, 6.07) is 2.13. The molecule has 0 unspecified atom stereocenters. The minimum Gasteiger partial charge on any atom is -0.296 e. The summed E-state index contributed by atoms with van der Waals surface area (Å²) in [5.74, 6) is 0.597. The first-order valence-electron chi connectivity index (χ1n) is 7.08. The van der Waals surface area contributed by atoms with Crippen LogP contribution < -0.4 is 5.14 Å². The van der Waals surface area contributed by atoms with Crippen molar-refractivity contribution in [3.05, 3.63) is 16.5 Å². The van der Waals surface area contributed by atoms with Gasteiger partial charge in [-0.3, -0.25) is 4.57 Å². The number of aryl methyl sites for hydroxylation is 2. The molecule has 2 heterocycles. The van der Waals surface area contributed by atoms with Crippen LogP contribution in [0.4, 0.5) is 0 Å². The summed E-state index contributed by atoms with van der Waals surface area (Å²) in [6.07, 6.45) is 5.90. The van der Waals surface area contributed by atoms with E-state index in [0.717, 1.165) is 17.7 Å². The van der Waals surface area contributed by atoms with Gasteiger partial charge in [0.2, 0.25) is 0 Å². The molecule has 21 heavy (non-hydrogen) atoms. The maximum absolute atomic E-state index is 11.6. The number of thiophene rings is 1. The van der Waals surface area contributed by atoms with E-state index in [4.69, 9.17) is 5.14 Å². The van der Waals surface area contributed by atoms with Crippen LogP contribution in [0.1, 0.15) is 36.6 Å². The Morgan fingerprint density at radius 3 is 2.76 bits per heavy atom. The van der Waals surface area contributed by atoms with Crippen molar-refractivity contribution in [2.75, 3.05) is 0 Å². The minimum absolute atomic E-state index is 0.163. The van der Waals surface area contributed by atoms with Crippen LogP contribution in [-0.2, 0) is 29.4 Å². The summed E-state index contributed by atoms with van der Waals surface area (Å²) in [4.78, 5) is 2.37. The molecule has 1 aliphatic carbocycles. The lowest BCUT2D eigenvalue weighted by molar-refractivity contribution is 0.571. The standard InChI is InChI=1S/C13H18N4O2S2/c1-2-17-12(15-16-13(17)21(14,18)19)11-8-9-6-4-3-5-7-10(9)20-11/h8H,2-7H2,1H3,(H2,14,18,19). The summed E-state index contributed by atoms with van der Waals surface area (Å²) in [7, 11) is -3.85. The zero-order valence-corrected chi connectivity index (χ0v) is 13.5. The number of primary sulfonamides is 1. The molecule has 0 amide bonds. The zero-order chi connectivity index (χ0) is 15.0. The van der Waals surface area contributed by atoms with E-state index in [0.29, 0.717) is 12.4 Å². The lowest BCUT2D eigenvalue weighted by Gasteiger charge is -2.04. The first kappa shape index (κ1) is 14.7. The average Bonchev–Trinajstić information content (AvgIpc) is 2.96.